The van der Waals surface area contributed by atoms with Crippen molar-refractivity contribution in [1.82, 2.24) is 4.98 Å². The Balaban J connectivity index is 1.89. The highest BCUT2D eigenvalue weighted by atomic mass is 79.9. The molecule has 0 aliphatic carbocycles. The van der Waals surface area contributed by atoms with Gasteiger partial charge in [0.05, 0.1) is 13.0 Å². The number of hydrogen-bond donors (Lipinski definition) is 1. The maximum atomic E-state index is 12.3. The van der Waals surface area contributed by atoms with Gasteiger partial charge in [0.2, 0.25) is 0 Å². The van der Waals surface area contributed by atoms with Crippen LogP contribution in [0.5, 0.6) is 0 Å². The summed E-state index contributed by atoms with van der Waals surface area (Å²) in [5.74, 6) is -0.339. The zero-order valence-electron chi connectivity index (χ0n) is 13.7. The normalized spacial score (nSPS) is 11.7. The lowest BCUT2D eigenvalue weighted by Crippen LogP contribution is -2.22. The maximum absolute atomic E-state index is 12.3. The number of H-pyrrole nitrogens is 1. The van der Waals surface area contributed by atoms with Crippen LogP contribution in [0.25, 0.3) is 10.9 Å². The Morgan fingerprint density at radius 1 is 1.22 bits per heavy atom. The lowest BCUT2D eigenvalue weighted by molar-refractivity contribution is -0.143. The summed E-state index contributed by atoms with van der Waals surface area (Å²) in [7, 11) is -1.20. The number of rotatable bonds is 7. The lowest BCUT2D eigenvalue weighted by Gasteiger charge is -2.15. The van der Waals surface area contributed by atoms with E-state index in [1.165, 1.54) is 0 Å². The van der Waals surface area contributed by atoms with E-state index in [0.29, 0.717) is 12.2 Å². The Kier molecular flexibility index (Phi) is 5.81. The van der Waals surface area contributed by atoms with Gasteiger partial charge in [0.1, 0.15) is 0 Å². The molecule has 0 aliphatic heterocycles. The summed E-state index contributed by atoms with van der Waals surface area (Å²) < 4.78 is 6.14. The first-order valence-electron chi connectivity index (χ1n) is 7.72. The molecular formula is C17H22BrNO3Si. The van der Waals surface area contributed by atoms with Crippen LogP contribution in [0.1, 0.15) is 23.2 Å². The van der Waals surface area contributed by atoms with Crippen molar-refractivity contribution in [2.45, 2.75) is 38.5 Å². The molecule has 0 saturated heterocycles. The summed E-state index contributed by atoms with van der Waals surface area (Å²) in [4.78, 5) is 27.2. The average Bonchev–Trinajstić information content (AvgIpc) is 2.86. The number of carbonyl (C=O) groups is 2. The van der Waals surface area contributed by atoms with E-state index in [1.807, 2.05) is 18.2 Å². The first-order chi connectivity index (χ1) is 10.8. The van der Waals surface area contributed by atoms with Crippen LogP contribution in [-0.2, 0) is 9.53 Å². The molecule has 1 aromatic heterocycles. The zero-order chi connectivity index (χ0) is 17.0. The van der Waals surface area contributed by atoms with Gasteiger partial charge in [-0.05, 0) is 24.2 Å². The van der Waals surface area contributed by atoms with Gasteiger partial charge in [-0.3, -0.25) is 9.59 Å². The molecule has 124 valence electrons. The number of Topliss-reactive ketones (excluding diaryl/α,β-unsaturated/α-hetero) is 1. The third kappa shape index (κ3) is 5.32. The van der Waals surface area contributed by atoms with E-state index in [0.717, 1.165) is 21.4 Å². The fourth-order valence-electron chi connectivity index (χ4n) is 2.22. The summed E-state index contributed by atoms with van der Waals surface area (Å²) in [5, 5.41) is 0.872. The highest BCUT2D eigenvalue weighted by Gasteiger charge is 2.16. The zero-order valence-corrected chi connectivity index (χ0v) is 16.3. The van der Waals surface area contributed by atoms with Crippen LogP contribution in [0, 0.1) is 0 Å². The number of hydrogen-bond acceptors (Lipinski definition) is 3. The smallest absolute Gasteiger partial charge is 0.306 e. The van der Waals surface area contributed by atoms with Gasteiger partial charge in [-0.2, -0.15) is 0 Å². The predicted molar refractivity (Wildman–Crippen MR) is 98.7 cm³/mol. The largest absolute Gasteiger partial charge is 0.466 e. The summed E-state index contributed by atoms with van der Waals surface area (Å²) in [6, 6.07) is 6.69. The summed E-state index contributed by atoms with van der Waals surface area (Å²) in [6.07, 6.45) is 2.01. The van der Waals surface area contributed by atoms with Crippen molar-refractivity contribution in [3.63, 3.8) is 0 Å². The van der Waals surface area contributed by atoms with Crippen LogP contribution in [0.4, 0.5) is 0 Å². The maximum Gasteiger partial charge on any atom is 0.306 e. The molecule has 0 saturated carbocycles. The second-order valence-corrected chi connectivity index (χ2v) is 13.4. The molecule has 1 N–H and O–H groups in total. The van der Waals surface area contributed by atoms with Gasteiger partial charge in [0.15, 0.2) is 5.78 Å². The van der Waals surface area contributed by atoms with E-state index in [9.17, 15) is 9.59 Å². The average molecular weight is 396 g/mol. The number of fused-ring (bicyclic) bond motifs is 1. The van der Waals surface area contributed by atoms with Gasteiger partial charge in [-0.15, -0.1) is 0 Å². The lowest BCUT2D eigenvalue weighted by atomic mass is 10.1. The van der Waals surface area contributed by atoms with Gasteiger partial charge in [0, 0.05) is 41.6 Å². The predicted octanol–water partition coefficient (Wildman–Crippen LogP) is 4.77. The highest BCUT2D eigenvalue weighted by molar-refractivity contribution is 9.10. The molecule has 0 atom stereocenters. The van der Waals surface area contributed by atoms with Crippen molar-refractivity contribution in [2.75, 3.05) is 6.61 Å². The third-order valence-corrected chi connectivity index (χ3v) is 5.81. The van der Waals surface area contributed by atoms with E-state index >= 15 is 0 Å². The molecule has 1 aromatic carbocycles. The third-order valence-electron chi connectivity index (χ3n) is 3.62. The summed E-state index contributed by atoms with van der Waals surface area (Å²) in [6.45, 7) is 7.17. The van der Waals surface area contributed by atoms with Gasteiger partial charge < -0.3 is 9.72 Å². The topological polar surface area (TPSA) is 59.2 Å². The number of carbonyl (C=O) groups excluding carboxylic acids is 2. The number of nitrogens with one attached hydrogen (secondary N) is 1. The Labute approximate surface area is 145 Å². The molecule has 0 bridgehead atoms. The minimum atomic E-state index is -1.20. The van der Waals surface area contributed by atoms with Crippen LogP contribution in [-0.4, -0.2) is 31.4 Å². The Morgan fingerprint density at radius 3 is 2.65 bits per heavy atom. The summed E-state index contributed by atoms with van der Waals surface area (Å²) in [5.41, 5.74) is 1.53. The van der Waals surface area contributed by atoms with Crippen molar-refractivity contribution in [3.05, 3.63) is 34.4 Å². The van der Waals surface area contributed by atoms with Gasteiger partial charge >= 0.3 is 5.97 Å². The molecule has 0 spiro atoms. The fraction of sp³-hybridized carbons (Fsp3) is 0.412. The Morgan fingerprint density at radius 2 is 1.96 bits per heavy atom. The van der Waals surface area contributed by atoms with E-state index in [1.54, 1.807) is 6.20 Å². The molecule has 6 heteroatoms. The fourth-order valence-corrected chi connectivity index (χ4v) is 3.29. The van der Waals surface area contributed by atoms with Crippen molar-refractivity contribution in [1.29, 1.82) is 0 Å². The van der Waals surface area contributed by atoms with E-state index in [2.05, 4.69) is 40.6 Å². The molecule has 4 nitrogen and oxygen atoms in total. The number of ketones is 1. The quantitative estimate of drug-likeness (QED) is 0.417. The van der Waals surface area contributed by atoms with Crippen LogP contribution in [0.3, 0.4) is 0 Å². The Hall–Kier alpha value is -1.40. The first kappa shape index (κ1) is 17.9. The number of esters is 1. The minimum absolute atomic E-state index is 0.0449. The van der Waals surface area contributed by atoms with Crippen LogP contribution >= 0.6 is 15.9 Å². The second kappa shape index (κ2) is 7.44. The second-order valence-electron chi connectivity index (χ2n) is 6.85. The standard InChI is InChI=1S/C17H22BrNO3Si/c1-23(2,3)9-8-22-17(21)7-6-16(20)14-11-19-15-5-4-12(18)10-13(14)15/h4-5,10-11,19H,6-9H2,1-3H3. The minimum Gasteiger partial charge on any atom is -0.466 e. The van der Waals surface area contributed by atoms with E-state index in [4.69, 9.17) is 4.74 Å². The van der Waals surface area contributed by atoms with Crippen LogP contribution in [0.2, 0.25) is 25.7 Å². The molecule has 2 aromatic rings. The van der Waals surface area contributed by atoms with Crippen LogP contribution < -0.4 is 0 Å². The molecule has 23 heavy (non-hydrogen) atoms. The van der Waals surface area contributed by atoms with Crippen molar-refractivity contribution in [2.24, 2.45) is 0 Å². The SMILES string of the molecule is C[Si](C)(C)CCOC(=O)CCC(=O)c1c[nH]c2ccc(Br)cc12. The molecule has 0 fully saturated rings. The van der Waals surface area contributed by atoms with Gasteiger partial charge in [0.25, 0.3) is 0 Å². The number of aromatic nitrogens is 1. The highest BCUT2D eigenvalue weighted by Crippen LogP contribution is 2.24. The van der Waals surface area contributed by atoms with E-state index < -0.39 is 8.07 Å². The molecule has 0 aliphatic rings. The van der Waals surface area contributed by atoms with Gasteiger partial charge in [-0.25, -0.2) is 0 Å². The molecule has 2 rings (SSSR count). The number of halogens is 1. The number of benzene rings is 1. The monoisotopic (exact) mass is 395 g/mol. The van der Waals surface area contributed by atoms with Crippen molar-refractivity contribution in [3.8, 4) is 0 Å². The van der Waals surface area contributed by atoms with Crippen molar-refractivity contribution < 1.29 is 14.3 Å². The first-order valence-corrected chi connectivity index (χ1v) is 12.2. The molecule has 0 radical (unpaired) electrons. The molecule has 1 heterocycles. The van der Waals surface area contributed by atoms with E-state index in [-0.39, 0.29) is 24.6 Å². The van der Waals surface area contributed by atoms with Crippen molar-refractivity contribution >= 4 is 46.7 Å². The number of ether oxygens (including phenoxy) is 1. The molecular weight excluding hydrogens is 374 g/mol. The summed E-state index contributed by atoms with van der Waals surface area (Å²) >= 11 is 3.41. The number of aromatic amines is 1. The van der Waals surface area contributed by atoms with Crippen LogP contribution in [0.15, 0.2) is 28.9 Å². The Bertz CT molecular complexity index is 718. The van der Waals surface area contributed by atoms with Gasteiger partial charge in [-0.1, -0.05) is 35.6 Å². The molecule has 0 unspecified atom stereocenters. The molecule has 0 amide bonds.